The molecular weight excluding hydrogens is 392 g/mol. The number of amides is 1. The SMILES string of the molecule is CCCOc1ccnc(-c2ccnc(Nc3ccc4cc(C(=O)N(C)C)[nH]c4c3)n2)c1. The number of aromatic amines is 1. The summed E-state index contributed by atoms with van der Waals surface area (Å²) in [7, 11) is 3.46. The molecule has 0 aliphatic carbocycles. The fraction of sp³-hybridized carbons (Fsp3) is 0.217. The second-order valence-electron chi connectivity index (χ2n) is 7.30. The van der Waals surface area contributed by atoms with Crippen molar-refractivity contribution >= 4 is 28.4 Å². The zero-order chi connectivity index (χ0) is 21.8. The second-order valence-corrected chi connectivity index (χ2v) is 7.30. The Morgan fingerprint density at radius 1 is 1.06 bits per heavy atom. The maximum Gasteiger partial charge on any atom is 0.269 e. The molecule has 8 nitrogen and oxygen atoms in total. The van der Waals surface area contributed by atoms with Gasteiger partial charge in [0.2, 0.25) is 5.95 Å². The normalized spacial score (nSPS) is 10.8. The van der Waals surface area contributed by atoms with Gasteiger partial charge >= 0.3 is 0 Å². The number of hydrogen-bond donors (Lipinski definition) is 2. The highest BCUT2D eigenvalue weighted by molar-refractivity contribution is 5.98. The molecule has 1 aromatic carbocycles. The maximum absolute atomic E-state index is 12.2. The van der Waals surface area contributed by atoms with Gasteiger partial charge in [0.15, 0.2) is 0 Å². The van der Waals surface area contributed by atoms with Crippen LogP contribution in [0.4, 0.5) is 11.6 Å². The van der Waals surface area contributed by atoms with Gasteiger partial charge in [-0.05, 0) is 36.8 Å². The lowest BCUT2D eigenvalue weighted by Crippen LogP contribution is -2.21. The molecule has 1 amide bonds. The first-order chi connectivity index (χ1) is 15.0. The molecule has 0 bridgehead atoms. The van der Waals surface area contributed by atoms with Gasteiger partial charge < -0.3 is 19.9 Å². The van der Waals surface area contributed by atoms with Crippen LogP contribution in [0.2, 0.25) is 0 Å². The van der Waals surface area contributed by atoms with Crippen LogP contribution in [0.5, 0.6) is 5.75 Å². The van der Waals surface area contributed by atoms with E-state index in [1.807, 2.05) is 42.5 Å². The molecule has 8 heteroatoms. The van der Waals surface area contributed by atoms with Crippen LogP contribution in [-0.2, 0) is 0 Å². The van der Waals surface area contributed by atoms with Gasteiger partial charge in [-0.2, -0.15) is 0 Å². The predicted octanol–water partition coefficient (Wildman–Crippen LogP) is 4.25. The molecule has 3 heterocycles. The molecular formula is C23H24N6O2. The number of rotatable bonds is 7. The first-order valence-corrected chi connectivity index (χ1v) is 10.1. The van der Waals surface area contributed by atoms with E-state index < -0.39 is 0 Å². The number of fused-ring (bicyclic) bond motifs is 1. The van der Waals surface area contributed by atoms with Gasteiger partial charge in [0, 0.05) is 49.1 Å². The van der Waals surface area contributed by atoms with Crippen LogP contribution < -0.4 is 10.1 Å². The van der Waals surface area contributed by atoms with Gasteiger partial charge in [-0.1, -0.05) is 13.0 Å². The van der Waals surface area contributed by atoms with Crippen molar-refractivity contribution < 1.29 is 9.53 Å². The number of nitrogens with zero attached hydrogens (tertiary/aromatic N) is 4. The number of ether oxygens (including phenoxy) is 1. The Morgan fingerprint density at radius 3 is 2.71 bits per heavy atom. The first kappa shape index (κ1) is 20.3. The largest absolute Gasteiger partial charge is 0.493 e. The number of nitrogens with one attached hydrogen (secondary N) is 2. The fourth-order valence-corrected chi connectivity index (χ4v) is 3.11. The van der Waals surface area contributed by atoms with E-state index in [9.17, 15) is 4.79 Å². The number of H-pyrrole nitrogens is 1. The summed E-state index contributed by atoms with van der Waals surface area (Å²) >= 11 is 0. The minimum absolute atomic E-state index is 0.0700. The highest BCUT2D eigenvalue weighted by atomic mass is 16.5. The quantitative estimate of drug-likeness (QED) is 0.467. The van der Waals surface area contributed by atoms with Gasteiger partial charge in [-0.15, -0.1) is 0 Å². The summed E-state index contributed by atoms with van der Waals surface area (Å²) in [6.07, 6.45) is 4.34. The van der Waals surface area contributed by atoms with E-state index in [0.717, 1.165) is 28.8 Å². The Balaban J connectivity index is 1.56. The molecule has 0 aliphatic heterocycles. The van der Waals surface area contributed by atoms with Gasteiger partial charge in [-0.3, -0.25) is 9.78 Å². The molecule has 0 saturated carbocycles. The lowest BCUT2D eigenvalue weighted by molar-refractivity contribution is 0.0823. The molecule has 4 rings (SSSR count). The third-order valence-corrected chi connectivity index (χ3v) is 4.64. The van der Waals surface area contributed by atoms with Crippen molar-refractivity contribution in [3.63, 3.8) is 0 Å². The lowest BCUT2D eigenvalue weighted by Gasteiger charge is -2.08. The van der Waals surface area contributed by atoms with E-state index in [2.05, 4.69) is 32.2 Å². The number of anilines is 2. The van der Waals surface area contributed by atoms with Crippen LogP contribution >= 0.6 is 0 Å². The van der Waals surface area contributed by atoms with Crippen LogP contribution in [0.15, 0.2) is 54.9 Å². The Bertz CT molecular complexity index is 1220. The number of hydrogen-bond acceptors (Lipinski definition) is 6. The lowest BCUT2D eigenvalue weighted by atomic mass is 10.2. The molecule has 2 N–H and O–H groups in total. The third-order valence-electron chi connectivity index (χ3n) is 4.64. The molecule has 0 spiro atoms. The van der Waals surface area contributed by atoms with Gasteiger partial charge in [0.25, 0.3) is 5.91 Å². The van der Waals surface area contributed by atoms with E-state index in [1.165, 1.54) is 0 Å². The maximum atomic E-state index is 12.2. The topological polar surface area (TPSA) is 96.0 Å². The van der Waals surface area contributed by atoms with Crippen molar-refractivity contribution in [3.8, 4) is 17.1 Å². The fourth-order valence-electron chi connectivity index (χ4n) is 3.11. The van der Waals surface area contributed by atoms with Crippen molar-refractivity contribution in [2.24, 2.45) is 0 Å². The molecule has 3 aromatic heterocycles. The first-order valence-electron chi connectivity index (χ1n) is 10.1. The minimum atomic E-state index is -0.0700. The third kappa shape index (κ3) is 4.63. The summed E-state index contributed by atoms with van der Waals surface area (Å²) in [6.45, 7) is 2.72. The minimum Gasteiger partial charge on any atom is -0.493 e. The average Bonchev–Trinajstić information content (AvgIpc) is 3.21. The van der Waals surface area contributed by atoms with E-state index in [0.29, 0.717) is 29.6 Å². The number of carbonyl (C=O) groups is 1. The summed E-state index contributed by atoms with van der Waals surface area (Å²) in [5.41, 5.74) is 3.62. The van der Waals surface area contributed by atoms with E-state index in [1.54, 1.807) is 31.4 Å². The zero-order valence-electron chi connectivity index (χ0n) is 17.7. The van der Waals surface area contributed by atoms with Crippen molar-refractivity contribution in [1.29, 1.82) is 0 Å². The van der Waals surface area contributed by atoms with E-state index in [-0.39, 0.29) is 5.91 Å². The number of benzene rings is 1. The summed E-state index contributed by atoms with van der Waals surface area (Å²) in [6, 6.07) is 13.2. The Hall–Kier alpha value is -3.94. The molecule has 31 heavy (non-hydrogen) atoms. The molecule has 0 fully saturated rings. The molecule has 0 atom stereocenters. The zero-order valence-corrected chi connectivity index (χ0v) is 17.7. The van der Waals surface area contributed by atoms with Gasteiger partial charge in [0.05, 0.1) is 18.0 Å². The summed E-state index contributed by atoms with van der Waals surface area (Å²) in [5, 5.41) is 4.18. The molecule has 0 saturated heterocycles. The Morgan fingerprint density at radius 2 is 1.90 bits per heavy atom. The molecule has 0 radical (unpaired) electrons. The average molecular weight is 416 g/mol. The highest BCUT2D eigenvalue weighted by Gasteiger charge is 2.12. The van der Waals surface area contributed by atoms with E-state index >= 15 is 0 Å². The van der Waals surface area contributed by atoms with Gasteiger partial charge in [0.1, 0.15) is 11.4 Å². The number of pyridine rings is 1. The summed E-state index contributed by atoms with van der Waals surface area (Å²) in [5.74, 6) is 1.15. The van der Waals surface area contributed by atoms with Crippen LogP contribution in [0.25, 0.3) is 22.3 Å². The van der Waals surface area contributed by atoms with Gasteiger partial charge in [-0.25, -0.2) is 9.97 Å². The predicted molar refractivity (Wildman–Crippen MR) is 121 cm³/mol. The van der Waals surface area contributed by atoms with Crippen molar-refractivity contribution in [2.75, 3.05) is 26.0 Å². The second kappa shape index (κ2) is 8.83. The van der Waals surface area contributed by atoms with E-state index in [4.69, 9.17) is 4.74 Å². The molecule has 0 aliphatic rings. The Kier molecular flexibility index (Phi) is 5.79. The standard InChI is InChI=1S/C23H24N6O2/c1-4-11-31-17-7-9-24-20(14-17)18-8-10-25-23(28-18)26-16-6-5-15-12-21(22(30)29(2)3)27-19(15)13-16/h5-10,12-14,27H,4,11H2,1-3H3,(H,25,26,28). The van der Waals surface area contributed by atoms with Crippen molar-refractivity contribution in [3.05, 3.63) is 60.6 Å². The van der Waals surface area contributed by atoms with Crippen LogP contribution in [0, 0.1) is 0 Å². The van der Waals surface area contributed by atoms with Crippen molar-refractivity contribution in [2.45, 2.75) is 13.3 Å². The molecule has 0 unspecified atom stereocenters. The molecule has 4 aromatic rings. The smallest absolute Gasteiger partial charge is 0.269 e. The van der Waals surface area contributed by atoms with Crippen LogP contribution in [-0.4, -0.2) is 51.4 Å². The van der Waals surface area contributed by atoms with Crippen molar-refractivity contribution in [1.82, 2.24) is 24.8 Å². The summed E-state index contributed by atoms with van der Waals surface area (Å²) < 4.78 is 5.69. The van der Waals surface area contributed by atoms with Crippen LogP contribution in [0.1, 0.15) is 23.8 Å². The highest BCUT2D eigenvalue weighted by Crippen LogP contribution is 2.24. The Labute approximate surface area is 180 Å². The summed E-state index contributed by atoms with van der Waals surface area (Å²) in [4.78, 5) is 30.2. The monoisotopic (exact) mass is 416 g/mol. The van der Waals surface area contributed by atoms with Crippen LogP contribution in [0.3, 0.4) is 0 Å². The number of aromatic nitrogens is 4. The molecule has 158 valence electrons. The number of carbonyl (C=O) groups excluding carboxylic acids is 1.